The zero-order valence-corrected chi connectivity index (χ0v) is 19.6. The molecule has 0 heterocycles. The molecular weight excluding hydrogens is 412 g/mol. The third kappa shape index (κ3) is 11.0. The molecule has 7 heteroatoms. The lowest BCUT2D eigenvalue weighted by molar-refractivity contribution is -0.120. The molecule has 0 unspecified atom stereocenters. The lowest BCUT2D eigenvalue weighted by Gasteiger charge is -2.16. The number of aliphatic imine (C=N–C) groups is 1. The van der Waals surface area contributed by atoms with Crippen LogP contribution in [-0.2, 0) is 11.2 Å². The Balaban J connectivity index is 1.57. The fraction of sp³-hybridized carbons (Fsp3) is 0.346. The first-order chi connectivity index (χ1) is 16.1. The van der Waals surface area contributed by atoms with Gasteiger partial charge in [-0.1, -0.05) is 54.6 Å². The highest BCUT2D eigenvalue weighted by molar-refractivity contribution is 5.94. The molecule has 0 saturated carbocycles. The number of nitrogens with zero attached hydrogens (tertiary/aromatic N) is 3. The summed E-state index contributed by atoms with van der Waals surface area (Å²) in [5.74, 6) is 0.421. The van der Waals surface area contributed by atoms with E-state index in [1.54, 1.807) is 7.05 Å². The second kappa shape index (κ2) is 15.2. The number of nitriles is 1. The maximum atomic E-state index is 12.0. The predicted molar refractivity (Wildman–Crippen MR) is 136 cm³/mol. The summed E-state index contributed by atoms with van der Waals surface area (Å²) >= 11 is 0. The molecule has 0 aromatic heterocycles. The summed E-state index contributed by atoms with van der Waals surface area (Å²) in [5.41, 5.74) is 3.18. The van der Waals surface area contributed by atoms with Gasteiger partial charge in [0, 0.05) is 32.2 Å². The van der Waals surface area contributed by atoms with Gasteiger partial charge in [0.1, 0.15) is 0 Å². The normalized spacial score (nSPS) is 11.4. The summed E-state index contributed by atoms with van der Waals surface area (Å²) < 4.78 is 0. The number of carbonyl (C=O) groups excluding carboxylic acids is 1. The van der Waals surface area contributed by atoms with Crippen LogP contribution in [0.2, 0.25) is 0 Å². The van der Waals surface area contributed by atoms with Crippen molar-refractivity contribution in [3.63, 3.8) is 0 Å². The Kier molecular flexibility index (Phi) is 11.8. The van der Waals surface area contributed by atoms with Crippen LogP contribution in [0, 0.1) is 11.5 Å². The van der Waals surface area contributed by atoms with Crippen LogP contribution in [0.25, 0.3) is 6.08 Å². The number of hydrogen-bond acceptors (Lipinski definition) is 4. The van der Waals surface area contributed by atoms with E-state index in [4.69, 9.17) is 5.26 Å². The van der Waals surface area contributed by atoms with Gasteiger partial charge in [-0.3, -0.25) is 15.1 Å². The molecule has 0 saturated heterocycles. The minimum atomic E-state index is 0.0355. The minimum Gasteiger partial charge on any atom is -0.356 e. The Morgan fingerprint density at radius 1 is 1.09 bits per heavy atom. The van der Waals surface area contributed by atoms with E-state index in [1.807, 2.05) is 48.7 Å². The molecule has 0 bridgehead atoms. The Bertz CT molecular complexity index is 932. The van der Waals surface area contributed by atoms with Crippen LogP contribution in [0.15, 0.2) is 65.7 Å². The summed E-state index contributed by atoms with van der Waals surface area (Å²) in [6.45, 7) is 2.78. The zero-order chi connectivity index (χ0) is 23.7. The van der Waals surface area contributed by atoms with Gasteiger partial charge in [0.05, 0.1) is 0 Å². The van der Waals surface area contributed by atoms with Gasteiger partial charge in [0.2, 0.25) is 11.9 Å². The van der Waals surface area contributed by atoms with Crippen LogP contribution in [0.4, 0.5) is 5.69 Å². The van der Waals surface area contributed by atoms with Crippen LogP contribution in [0.5, 0.6) is 0 Å². The summed E-state index contributed by atoms with van der Waals surface area (Å²) in [6.07, 6.45) is 9.08. The van der Waals surface area contributed by atoms with Gasteiger partial charge < -0.3 is 15.5 Å². The average molecular weight is 447 g/mol. The Morgan fingerprint density at radius 3 is 2.55 bits per heavy atom. The fourth-order valence-electron chi connectivity index (χ4n) is 3.20. The maximum absolute atomic E-state index is 12.0. The van der Waals surface area contributed by atoms with Crippen molar-refractivity contribution in [3.05, 3.63) is 71.8 Å². The quantitative estimate of drug-likeness (QED) is 0.152. The molecule has 2 aromatic carbocycles. The highest BCUT2D eigenvalue weighted by Gasteiger charge is 2.01. The molecule has 2 aromatic rings. The first-order valence-corrected chi connectivity index (χ1v) is 11.3. The summed E-state index contributed by atoms with van der Waals surface area (Å²) in [6, 6.07) is 18.2. The van der Waals surface area contributed by atoms with Crippen molar-refractivity contribution in [2.75, 3.05) is 39.0 Å². The van der Waals surface area contributed by atoms with Crippen molar-refractivity contribution in [1.82, 2.24) is 15.5 Å². The number of likely N-dealkylation sites (N-methyl/N-ethyl adjacent to an activating group) is 1. The van der Waals surface area contributed by atoms with Gasteiger partial charge in [-0.2, -0.15) is 5.26 Å². The molecule has 2 rings (SSSR count). The monoisotopic (exact) mass is 446 g/mol. The van der Waals surface area contributed by atoms with Gasteiger partial charge in [0.25, 0.3) is 0 Å². The summed E-state index contributed by atoms with van der Waals surface area (Å²) in [7, 11) is 3.74. The molecule has 33 heavy (non-hydrogen) atoms. The second-order valence-electron chi connectivity index (χ2n) is 7.76. The Labute approximate surface area is 197 Å². The summed E-state index contributed by atoms with van der Waals surface area (Å²) in [5, 5.41) is 17.1. The second-order valence-corrected chi connectivity index (χ2v) is 7.76. The Hall–Kier alpha value is -3.63. The number of nitrogens with one attached hydrogen (secondary N) is 3. The minimum absolute atomic E-state index is 0.0355. The van der Waals surface area contributed by atoms with E-state index in [1.165, 1.54) is 5.56 Å². The van der Waals surface area contributed by atoms with Crippen LogP contribution in [0.3, 0.4) is 0 Å². The van der Waals surface area contributed by atoms with E-state index in [9.17, 15) is 4.79 Å². The Morgan fingerprint density at radius 2 is 1.85 bits per heavy atom. The molecule has 0 aliphatic rings. The van der Waals surface area contributed by atoms with Crippen LogP contribution >= 0.6 is 0 Å². The molecule has 7 nitrogen and oxygen atoms in total. The van der Waals surface area contributed by atoms with E-state index in [-0.39, 0.29) is 5.91 Å². The third-order valence-electron chi connectivity index (χ3n) is 5.10. The van der Waals surface area contributed by atoms with Crippen molar-refractivity contribution in [3.8, 4) is 6.19 Å². The molecule has 0 aliphatic carbocycles. The number of benzene rings is 2. The third-order valence-corrected chi connectivity index (χ3v) is 5.10. The lowest BCUT2D eigenvalue weighted by atomic mass is 10.1. The number of guanidine groups is 1. The molecule has 3 N–H and O–H groups in total. The molecule has 0 radical (unpaired) electrons. The zero-order valence-electron chi connectivity index (χ0n) is 19.6. The maximum Gasteiger partial charge on any atom is 0.223 e. The van der Waals surface area contributed by atoms with Gasteiger partial charge in [0.15, 0.2) is 6.19 Å². The first kappa shape index (κ1) is 25.6. The van der Waals surface area contributed by atoms with Crippen molar-refractivity contribution in [2.24, 2.45) is 4.99 Å². The number of carbonyl (C=O) groups is 1. The van der Waals surface area contributed by atoms with Crippen LogP contribution in [0.1, 0.15) is 30.4 Å². The van der Waals surface area contributed by atoms with E-state index in [0.29, 0.717) is 18.9 Å². The lowest BCUT2D eigenvalue weighted by Crippen LogP contribution is -2.26. The molecule has 0 atom stereocenters. The molecule has 0 aliphatic heterocycles. The van der Waals surface area contributed by atoms with E-state index in [2.05, 4.69) is 57.2 Å². The SMILES string of the molecule is CN=C(NC#N)Nc1ccc(C=CCC(=O)NCCCCN(C)CCc2ccccc2)cc1. The fourth-order valence-corrected chi connectivity index (χ4v) is 3.20. The van der Waals surface area contributed by atoms with Crippen molar-refractivity contribution >= 4 is 23.6 Å². The van der Waals surface area contributed by atoms with Crippen molar-refractivity contribution in [1.29, 1.82) is 5.26 Å². The predicted octanol–water partition coefficient (Wildman–Crippen LogP) is 3.63. The van der Waals surface area contributed by atoms with Gasteiger partial charge in [-0.15, -0.1) is 0 Å². The molecular formula is C26H34N6O. The largest absolute Gasteiger partial charge is 0.356 e. The number of hydrogen-bond donors (Lipinski definition) is 3. The van der Waals surface area contributed by atoms with Gasteiger partial charge in [-0.25, -0.2) is 0 Å². The summed E-state index contributed by atoms with van der Waals surface area (Å²) in [4.78, 5) is 18.3. The average Bonchev–Trinajstić information content (AvgIpc) is 2.84. The van der Waals surface area contributed by atoms with E-state index >= 15 is 0 Å². The van der Waals surface area contributed by atoms with Crippen LogP contribution in [-0.4, -0.2) is 50.5 Å². The highest BCUT2D eigenvalue weighted by atomic mass is 16.1. The standard InChI is InChI=1S/C26H34N6O/c1-28-26(30-21-27)31-24-15-13-23(14-16-24)11-8-12-25(33)29-18-6-7-19-32(2)20-17-22-9-4-3-5-10-22/h3-5,8-11,13-16H,6-7,12,17-20H2,1-2H3,(H,29,33)(H2,28,30,31). The number of anilines is 1. The van der Waals surface area contributed by atoms with Crippen LogP contribution < -0.4 is 16.0 Å². The van der Waals surface area contributed by atoms with Crippen molar-refractivity contribution < 1.29 is 4.79 Å². The molecule has 0 fully saturated rings. The first-order valence-electron chi connectivity index (χ1n) is 11.3. The molecule has 0 spiro atoms. The smallest absolute Gasteiger partial charge is 0.223 e. The number of amides is 1. The van der Waals surface area contributed by atoms with E-state index in [0.717, 1.165) is 43.6 Å². The van der Waals surface area contributed by atoms with E-state index < -0.39 is 0 Å². The molecule has 174 valence electrons. The molecule has 1 amide bonds. The topological polar surface area (TPSA) is 92.5 Å². The number of unbranched alkanes of at least 4 members (excludes halogenated alkanes) is 1. The van der Waals surface area contributed by atoms with Crippen molar-refractivity contribution in [2.45, 2.75) is 25.7 Å². The van der Waals surface area contributed by atoms with Gasteiger partial charge >= 0.3 is 0 Å². The van der Waals surface area contributed by atoms with Gasteiger partial charge in [-0.05, 0) is 56.1 Å². The number of rotatable bonds is 12. The highest BCUT2D eigenvalue weighted by Crippen LogP contribution is 2.11.